The normalized spacial score (nSPS) is 15.0. The molecule has 2 aliphatic rings. The third-order valence-corrected chi connectivity index (χ3v) is 12.4. The van der Waals surface area contributed by atoms with E-state index >= 15 is 0 Å². The number of nitrogens with one attached hydrogen (secondary N) is 1. The number of carbonyl (C=O) groups is 3. The van der Waals surface area contributed by atoms with Crippen LogP contribution in [0.15, 0.2) is 90.1 Å². The van der Waals surface area contributed by atoms with Crippen LogP contribution in [0, 0.1) is 0 Å². The average Bonchev–Trinajstić information content (AvgIpc) is 3.77. The summed E-state index contributed by atoms with van der Waals surface area (Å²) in [4.78, 5) is 66.9. The Morgan fingerprint density at radius 2 is 1.61 bits per heavy atom. The Morgan fingerprint density at radius 3 is 2.33 bits per heavy atom. The summed E-state index contributed by atoms with van der Waals surface area (Å²) in [5, 5.41) is 6.74. The number of amides is 3. The molecule has 5 aromatic rings. The lowest BCUT2D eigenvalue weighted by Gasteiger charge is -2.21. The Morgan fingerprint density at radius 1 is 0.907 bits per heavy atom. The van der Waals surface area contributed by atoms with Gasteiger partial charge in [0.05, 0.1) is 11.4 Å². The maximum atomic E-state index is 13.7. The van der Waals surface area contributed by atoms with Gasteiger partial charge in [-0.25, -0.2) is 14.3 Å². The zero-order valence-corrected chi connectivity index (χ0v) is 32.1. The standard InChI is InChI=1S/C38H36ClN4O8PS2/c39-22-24-23-43(32-21-33(51-52(47,48)49)28-10-3-4-11-29(28)37(24)32)36(45)14-7-13-35(44)42-17-15-27-25-8-1-2-9-26(25)30(20-31(27)42)41-38(46)50-18-19-53-54-34-12-5-6-16-40-34/h1-6,8-12,16,20-21,24H,7,13-15,17-19,22-23H2,(H,41,46)(H2,47,48,49)/t24-/m1/s1. The van der Waals surface area contributed by atoms with Gasteiger partial charge < -0.3 is 19.1 Å². The lowest BCUT2D eigenvalue weighted by molar-refractivity contribution is -0.119. The molecule has 7 rings (SSSR count). The number of aromatic nitrogens is 1. The number of carbonyl (C=O) groups excluding carboxylic acids is 3. The summed E-state index contributed by atoms with van der Waals surface area (Å²) in [6.07, 6.45) is 2.24. The highest BCUT2D eigenvalue weighted by Gasteiger charge is 2.35. The van der Waals surface area contributed by atoms with Crippen molar-refractivity contribution >= 4 is 97.5 Å². The molecule has 1 atom stereocenters. The molecule has 0 spiro atoms. The highest BCUT2D eigenvalue weighted by molar-refractivity contribution is 8.76. The largest absolute Gasteiger partial charge is 0.524 e. The van der Waals surface area contributed by atoms with Crippen molar-refractivity contribution in [2.24, 2.45) is 0 Å². The Bertz CT molecular complexity index is 2280. The first-order valence-electron chi connectivity index (χ1n) is 17.3. The van der Waals surface area contributed by atoms with Crippen LogP contribution in [0.4, 0.5) is 21.9 Å². The van der Waals surface area contributed by atoms with Crippen molar-refractivity contribution in [1.82, 2.24) is 4.98 Å². The van der Waals surface area contributed by atoms with Gasteiger partial charge >= 0.3 is 13.9 Å². The number of halogens is 1. The fraction of sp³-hybridized carbons (Fsp3) is 0.263. The van der Waals surface area contributed by atoms with E-state index in [0.717, 1.165) is 26.9 Å². The van der Waals surface area contributed by atoms with Gasteiger partial charge in [0, 0.05) is 72.2 Å². The van der Waals surface area contributed by atoms with Crippen molar-refractivity contribution in [2.75, 3.05) is 46.4 Å². The first kappa shape index (κ1) is 38.0. The van der Waals surface area contributed by atoms with Crippen molar-refractivity contribution in [3.05, 3.63) is 96.2 Å². The molecule has 0 radical (unpaired) electrons. The van der Waals surface area contributed by atoms with Crippen molar-refractivity contribution in [2.45, 2.75) is 36.6 Å². The number of anilines is 3. The molecule has 0 saturated heterocycles. The number of fused-ring (bicyclic) bond motifs is 6. The van der Waals surface area contributed by atoms with Crippen LogP contribution in [0.2, 0.25) is 0 Å². The topological polar surface area (TPSA) is 159 Å². The van der Waals surface area contributed by atoms with E-state index in [4.69, 9.17) is 20.9 Å². The fourth-order valence-electron chi connectivity index (χ4n) is 7.08. The van der Waals surface area contributed by atoms with Gasteiger partial charge in [0.25, 0.3) is 0 Å². The Labute approximate surface area is 324 Å². The monoisotopic (exact) mass is 806 g/mol. The van der Waals surface area contributed by atoms with Crippen LogP contribution in [-0.4, -0.2) is 64.0 Å². The summed E-state index contributed by atoms with van der Waals surface area (Å²) in [7, 11) is -1.84. The second-order valence-corrected chi connectivity index (χ2v) is 16.6. The summed E-state index contributed by atoms with van der Waals surface area (Å²) >= 11 is 6.36. The number of hydrogen-bond donors (Lipinski definition) is 3. The first-order chi connectivity index (χ1) is 26.1. The van der Waals surface area contributed by atoms with Crippen LogP contribution in [0.1, 0.15) is 36.3 Å². The third-order valence-electron chi connectivity index (χ3n) is 9.34. The summed E-state index contributed by atoms with van der Waals surface area (Å²) in [5.41, 5.74) is 3.57. The van der Waals surface area contributed by atoms with E-state index in [1.807, 2.05) is 54.6 Å². The lowest BCUT2D eigenvalue weighted by Crippen LogP contribution is -2.31. The minimum absolute atomic E-state index is 0.0297. The van der Waals surface area contributed by atoms with E-state index in [-0.39, 0.29) is 55.2 Å². The predicted molar refractivity (Wildman–Crippen MR) is 214 cm³/mol. The van der Waals surface area contributed by atoms with Gasteiger partial charge in [0.1, 0.15) is 17.4 Å². The Balaban J connectivity index is 1.00. The quantitative estimate of drug-likeness (QED) is 0.0455. The number of hydrogen-bond acceptors (Lipinski definition) is 9. The number of ether oxygens (including phenoxy) is 1. The van der Waals surface area contributed by atoms with Crippen LogP contribution in [0.5, 0.6) is 5.75 Å². The molecule has 12 nitrogen and oxygen atoms in total. The van der Waals surface area contributed by atoms with Crippen LogP contribution in [-0.2, 0) is 25.3 Å². The summed E-state index contributed by atoms with van der Waals surface area (Å²) in [6.45, 7) is 0.969. The molecule has 16 heteroatoms. The third kappa shape index (κ3) is 8.34. The van der Waals surface area contributed by atoms with Crippen molar-refractivity contribution in [1.29, 1.82) is 0 Å². The lowest BCUT2D eigenvalue weighted by atomic mass is 9.95. The van der Waals surface area contributed by atoms with E-state index in [2.05, 4.69) is 10.3 Å². The second-order valence-electron chi connectivity index (χ2n) is 12.7. The SMILES string of the molecule is O=C(Nc1cc2c(c3ccccc13)CCN2C(=O)CCCC(=O)N1C[C@@H](CCl)c2c1cc(OP(=O)(O)O)c1ccccc21)OCCSSc1ccccn1. The molecule has 3 heterocycles. The van der Waals surface area contributed by atoms with E-state index in [0.29, 0.717) is 53.1 Å². The Hall–Kier alpha value is -4.30. The summed E-state index contributed by atoms with van der Waals surface area (Å²) in [6, 6.07) is 23.8. The van der Waals surface area contributed by atoms with Gasteiger partial charge in [-0.3, -0.25) is 24.7 Å². The molecule has 0 saturated carbocycles. The first-order valence-corrected chi connectivity index (χ1v) is 21.7. The van der Waals surface area contributed by atoms with Gasteiger partial charge in [-0.1, -0.05) is 65.4 Å². The van der Waals surface area contributed by atoms with Crippen LogP contribution in [0.3, 0.4) is 0 Å². The number of rotatable bonds is 13. The van der Waals surface area contributed by atoms with Gasteiger partial charge in [-0.2, -0.15) is 0 Å². The Kier molecular flexibility index (Phi) is 11.7. The molecule has 3 amide bonds. The predicted octanol–water partition coefficient (Wildman–Crippen LogP) is 8.28. The van der Waals surface area contributed by atoms with E-state index in [1.165, 1.54) is 27.7 Å². The number of alkyl halides is 1. The number of phosphoric ester groups is 1. The molecular formula is C38H36ClN4O8PS2. The second kappa shape index (κ2) is 16.6. The highest BCUT2D eigenvalue weighted by Crippen LogP contribution is 2.49. The maximum absolute atomic E-state index is 13.7. The minimum Gasteiger partial charge on any atom is -0.448 e. The van der Waals surface area contributed by atoms with E-state index < -0.39 is 13.9 Å². The van der Waals surface area contributed by atoms with Crippen LogP contribution < -0.4 is 19.6 Å². The van der Waals surface area contributed by atoms with Gasteiger partial charge in [0.15, 0.2) is 0 Å². The fourth-order valence-corrected chi connectivity index (χ4v) is 9.45. The zero-order valence-electron chi connectivity index (χ0n) is 28.9. The molecule has 54 heavy (non-hydrogen) atoms. The molecule has 280 valence electrons. The molecule has 4 aromatic carbocycles. The van der Waals surface area contributed by atoms with Crippen LogP contribution in [0.25, 0.3) is 21.5 Å². The summed E-state index contributed by atoms with van der Waals surface area (Å²) in [5.74, 6) is 0.202. The van der Waals surface area contributed by atoms with Crippen molar-refractivity contribution in [3.8, 4) is 5.75 Å². The highest BCUT2D eigenvalue weighted by atomic mass is 35.5. The van der Waals surface area contributed by atoms with Gasteiger partial charge in [0.2, 0.25) is 11.8 Å². The molecule has 0 bridgehead atoms. The average molecular weight is 807 g/mol. The number of phosphoric acid groups is 1. The minimum atomic E-state index is -4.89. The zero-order chi connectivity index (χ0) is 37.8. The smallest absolute Gasteiger partial charge is 0.448 e. The molecular weight excluding hydrogens is 771 g/mol. The number of nitrogens with zero attached hydrogens (tertiary/aromatic N) is 3. The molecule has 2 aliphatic heterocycles. The van der Waals surface area contributed by atoms with Gasteiger partial charge in [-0.05, 0) is 63.7 Å². The van der Waals surface area contributed by atoms with E-state index in [9.17, 15) is 28.7 Å². The van der Waals surface area contributed by atoms with E-state index in [1.54, 1.807) is 34.2 Å². The van der Waals surface area contributed by atoms with Crippen molar-refractivity contribution < 1.29 is 38.0 Å². The molecule has 1 aromatic heterocycles. The number of pyridine rings is 1. The van der Waals surface area contributed by atoms with Crippen LogP contribution >= 0.6 is 41.0 Å². The molecule has 0 unspecified atom stereocenters. The maximum Gasteiger partial charge on any atom is 0.524 e. The molecule has 0 aliphatic carbocycles. The number of benzene rings is 4. The summed E-state index contributed by atoms with van der Waals surface area (Å²) < 4.78 is 22.3. The van der Waals surface area contributed by atoms with Crippen molar-refractivity contribution in [3.63, 3.8) is 0 Å². The van der Waals surface area contributed by atoms with Gasteiger partial charge in [-0.15, -0.1) is 11.6 Å². The molecule has 3 N–H and O–H groups in total. The molecule has 0 fully saturated rings.